The highest BCUT2D eigenvalue weighted by Crippen LogP contribution is 2.38. The second-order valence-electron chi connectivity index (χ2n) is 11.3. The number of fused-ring (bicyclic) bond motifs is 1. The number of amides is 1. The fourth-order valence-corrected chi connectivity index (χ4v) is 6.13. The molecule has 1 saturated carbocycles. The van der Waals surface area contributed by atoms with Crippen LogP contribution in [0.2, 0.25) is 0 Å². The molecule has 2 atom stereocenters. The summed E-state index contributed by atoms with van der Waals surface area (Å²) in [6.45, 7) is 3.67. The van der Waals surface area contributed by atoms with Crippen molar-refractivity contribution in [1.29, 1.82) is 0 Å². The molecule has 1 aromatic heterocycles. The van der Waals surface area contributed by atoms with Crippen molar-refractivity contribution in [3.63, 3.8) is 0 Å². The number of pyridine rings is 1. The van der Waals surface area contributed by atoms with Crippen molar-refractivity contribution in [1.82, 2.24) is 14.8 Å². The van der Waals surface area contributed by atoms with Crippen LogP contribution < -0.4 is 15.6 Å². The van der Waals surface area contributed by atoms with E-state index in [-0.39, 0.29) is 29.3 Å². The Bertz CT molecular complexity index is 1370. The van der Waals surface area contributed by atoms with Gasteiger partial charge < -0.3 is 29.0 Å². The molecule has 2 aliphatic rings. The molecule has 1 N–H and O–H groups in total. The molecule has 0 radical (unpaired) electrons. The van der Waals surface area contributed by atoms with Crippen molar-refractivity contribution in [3.8, 4) is 5.75 Å². The molecular formula is C33H43N3O5. The summed E-state index contributed by atoms with van der Waals surface area (Å²) in [5.74, 6) is 0.722. The number of nitrogens with zero attached hydrogens (tertiary/aromatic N) is 2. The van der Waals surface area contributed by atoms with Gasteiger partial charge in [-0.25, -0.2) is 0 Å². The van der Waals surface area contributed by atoms with Gasteiger partial charge in [0, 0.05) is 58.5 Å². The lowest BCUT2D eigenvalue weighted by Gasteiger charge is -2.36. The number of aryl methyl sites for hydroxylation is 2. The van der Waals surface area contributed by atoms with Gasteiger partial charge in [0.05, 0.1) is 18.0 Å². The van der Waals surface area contributed by atoms with Gasteiger partial charge in [0.1, 0.15) is 12.4 Å². The van der Waals surface area contributed by atoms with Gasteiger partial charge in [-0.2, -0.15) is 0 Å². The summed E-state index contributed by atoms with van der Waals surface area (Å²) < 4.78 is 18.1. The van der Waals surface area contributed by atoms with Crippen LogP contribution >= 0.6 is 0 Å². The molecule has 220 valence electrons. The van der Waals surface area contributed by atoms with Crippen LogP contribution in [0.25, 0.3) is 10.9 Å². The second-order valence-corrected chi connectivity index (χ2v) is 11.3. The molecule has 0 spiro atoms. The summed E-state index contributed by atoms with van der Waals surface area (Å²) in [4.78, 5) is 29.4. The molecule has 2 heterocycles. The molecule has 8 heteroatoms. The second kappa shape index (κ2) is 13.6. The number of hydrogen-bond donors (Lipinski definition) is 1. The lowest BCUT2D eigenvalue weighted by atomic mass is 9.79. The number of hydrogen-bond acceptors (Lipinski definition) is 6. The Morgan fingerprint density at radius 1 is 1.00 bits per heavy atom. The summed E-state index contributed by atoms with van der Waals surface area (Å²) in [6, 6.07) is 16.4. The number of carbonyl (C=O) groups excluding carboxylic acids is 1. The standard InChI is InChI=1S/C33H43N3O5/c1-35-31-9-5-4-8-28(31)29(20-32(35)37)27-12-13-34-21-30(27)33(38)36(25-10-11-25)22-24-17-23(7-6-14-39-2)18-26(19-24)41-16-15-40-3/h4-5,8-9,17-20,25,27,30,34H,6-7,10-16,21-22H2,1-3H3. The monoisotopic (exact) mass is 561 g/mol. The number of piperidine rings is 1. The molecule has 2 fully saturated rings. The third-order valence-corrected chi connectivity index (χ3v) is 8.40. The van der Waals surface area contributed by atoms with Gasteiger partial charge in [-0.3, -0.25) is 9.59 Å². The van der Waals surface area contributed by atoms with Crippen LogP contribution in [0, 0.1) is 5.92 Å². The van der Waals surface area contributed by atoms with Crippen molar-refractivity contribution in [2.24, 2.45) is 13.0 Å². The van der Waals surface area contributed by atoms with Gasteiger partial charge in [-0.15, -0.1) is 0 Å². The number of para-hydroxylation sites is 1. The molecule has 1 amide bonds. The highest BCUT2D eigenvalue weighted by Gasteiger charge is 2.40. The van der Waals surface area contributed by atoms with Gasteiger partial charge in [0.2, 0.25) is 5.91 Å². The summed E-state index contributed by atoms with van der Waals surface area (Å²) in [7, 11) is 5.20. The van der Waals surface area contributed by atoms with Crippen LogP contribution in [-0.4, -0.2) is 68.5 Å². The first kappa shape index (κ1) is 29.3. The van der Waals surface area contributed by atoms with Gasteiger partial charge in [-0.1, -0.05) is 24.3 Å². The van der Waals surface area contributed by atoms with Crippen molar-refractivity contribution >= 4 is 16.8 Å². The van der Waals surface area contributed by atoms with E-state index in [0.717, 1.165) is 66.4 Å². The van der Waals surface area contributed by atoms with Gasteiger partial charge >= 0.3 is 0 Å². The SMILES string of the molecule is COCCCc1cc(CN(C(=O)C2CNCCC2c2cc(=O)n(C)c3ccccc23)C2CC2)cc(OCCOC)c1. The lowest BCUT2D eigenvalue weighted by molar-refractivity contribution is -0.138. The molecule has 2 unspecified atom stereocenters. The zero-order chi connectivity index (χ0) is 28.8. The maximum atomic E-state index is 14.4. The molecule has 1 aliphatic carbocycles. The van der Waals surface area contributed by atoms with Crippen molar-refractivity contribution < 1.29 is 19.0 Å². The first-order valence-corrected chi connectivity index (χ1v) is 14.8. The number of nitrogens with one attached hydrogen (secondary N) is 1. The van der Waals surface area contributed by atoms with E-state index in [1.807, 2.05) is 25.2 Å². The molecule has 1 saturated heterocycles. The van der Waals surface area contributed by atoms with Crippen LogP contribution in [0.4, 0.5) is 0 Å². The van der Waals surface area contributed by atoms with Crippen LogP contribution in [0.3, 0.4) is 0 Å². The fourth-order valence-electron chi connectivity index (χ4n) is 6.13. The number of rotatable bonds is 13. The first-order chi connectivity index (χ1) is 20.0. The van der Waals surface area contributed by atoms with E-state index in [4.69, 9.17) is 14.2 Å². The molecular weight excluding hydrogens is 518 g/mol. The van der Waals surface area contributed by atoms with E-state index in [0.29, 0.717) is 32.9 Å². The quantitative estimate of drug-likeness (QED) is 0.318. The molecule has 41 heavy (non-hydrogen) atoms. The van der Waals surface area contributed by atoms with E-state index in [1.54, 1.807) is 24.9 Å². The Morgan fingerprint density at radius 2 is 1.78 bits per heavy atom. The van der Waals surface area contributed by atoms with Gasteiger partial charge in [0.25, 0.3) is 5.56 Å². The molecule has 5 rings (SSSR count). The Hall–Kier alpha value is -3.20. The van der Waals surface area contributed by atoms with Crippen molar-refractivity contribution in [2.75, 3.05) is 47.1 Å². The largest absolute Gasteiger partial charge is 0.491 e. The average molecular weight is 562 g/mol. The predicted octanol–water partition coefficient (Wildman–Crippen LogP) is 4.03. The smallest absolute Gasteiger partial charge is 0.251 e. The third kappa shape index (κ3) is 7.00. The van der Waals surface area contributed by atoms with Crippen molar-refractivity contribution in [2.45, 2.75) is 50.6 Å². The third-order valence-electron chi connectivity index (χ3n) is 8.40. The summed E-state index contributed by atoms with van der Waals surface area (Å²) in [5, 5.41) is 4.52. The number of benzene rings is 2. The summed E-state index contributed by atoms with van der Waals surface area (Å²) >= 11 is 0. The summed E-state index contributed by atoms with van der Waals surface area (Å²) in [6.07, 6.45) is 4.66. The van der Waals surface area contributed by atoms with E-state index >= 15 is 0 Å². The maximum absolute atomic E-state index is 14.4. The van der Waals surface area contributed by atoms with Gasteiger partial charge in [-0.05, 0) is 79.5 Å². The number of aromatic nitrogens is 1. The predicted molar refractivity (Wildman–Crippen MR) is 160 cm³/mol. The Balaban J connectivity index is 1.43. The zero-order valence-corrected chi connectivity index (χ0v) is 24.6. The Morgan fingerprint density at radius 3 is 2.56 bits per heavy atom. The van der Waals surface area contributed by atoms with Crippen LogP contribution in [0.5, 0.6) is 5.75 Å². The van der Waals surface area contributed by atoms with E-state index in [9.17, 15) is 9.59 Å². The van der Waals surface area contributed by atoms with E-state index < -0.39 is 0 Å². The molecule has 3 aromatic rings. The minimum atomic E-state index is -0.234. The Labute approximate surface area is 242 Å². The number of ether oxygens (including phenoxy) is 3. The number of methoxy groups -OCH3 is 2. The topological polar surface area (TPSA) is 82.0 Å². The van der Waals surface area contributed by atoms with E-state index in [2.05, 4.69) is 34.5 Å². The average Bonchev–Trinajstić information content (AvgIpc) is 3.83. The van der Waals surface area contributed by atoms with Gasteiger partial charge in [0.15, 0.2) is 0 Å². The normalized spacial score (nSPS) is 18.9. The highest BCUT2D eigenvalue weighted by molar-refractivity contribution is 5.86. The molecule has 0 bridgehead atoms. The minimum absolute atomic E-state index is 0.0166. The first-order valence-electron chi connectivity index (χ1n) is 14.8. The van der Waals surface area contributed by atoms with Crippen molar-refractivity contribution in [3.05, 3.63) is 75.6 Å². The lowest BCUT2D eigenvalue weighted by Crippen LogP contribution is -2.47. The molecule has 1 aliphatic heterocycles. The van der Waals surface area contributed by atoms with Crippen LogP contribution in [0.1, 0.15) is 48.3 Å². The van der Waals surface area contributed by atoms with Crippen LogP contribution in [-0.2, 0) is 34.3 Å². The fraction of sp³-hybridized carbons (Fsp3) is 0.515. The Kier molecular flexibility index (Phi) is 9.75. The number of carbonyl (C=O) groups is 1. The minimum Gasteiger partial charge on any atom is -0.491 e. The zero-order valence-electron chi connectivity index (χ0n) is 24.6. The molecule has 8 nitrogen and oxygen atoms in total. The summed E-state index contributed by atoms with van der Waals surface area (Å²) in [5.41, 5.74) is 4.12. The maximum Gasteiger partial charge on any atom is 0.251 e. The molecule has 2 aromatic carbocycles. The van der Waals surface area contributed by atoms with Crippen LogP contribution in [0.15, 0.2) is 53.3 Å². The highest BCUT2D eigenvalue weighted by atomic mass is 16.5. The van der Waals surface area contributed by atoms with E-state index in [1.165, 1.54) is 5.56 Å².